The summed E-state index contributed by atoms with van der Waals surface area (Å²) in [4.78, 5) is 9.49. The Morgan fingerprint density at radius 1 is 0.862 bits per heavy atom. The molecule has 0 amide bonds. The minimum atomic E-state index is 0.275. The third-order valence-corrected chi connectivity index (χ3v) is 5.44. The first kappa shape index (κ1) is 19.9. The third-order valence-electron chi connectivity index (χ3n) is 4.93. The van der Waals surface area contributed by atoms with Gasteiger partial charge in [-0.2, -0.15) is 0 Å². The van der Waals surface area contributed by atoms with E-state index in [4.69, 9.17) is 28.2 Å². The van der Waals surface area contributed by atoms with Crippen LogP contribution >= 0.6 is 23.2 Å². The zero-order valence-corrected chi connectivity index (χ0v) is 18.3. The van der Waals surface area contributed by atoms with Gasteiger partial charge in [-0.15, -0.1) is 0 Å². The molecule has 0 bridgehead atoms. The summed E-state index contributed by atoms with van der Waals surface area (Å²) in [6.45, 7) is 6.77. The number of aryl methyl sites for hydroxylation is 1. The van der Waals surface area contributed by atoms with Gasteiger partial charge in [0, 0.05) is 33.6 Å². The lowest BCUT2D eigenvalue weighted by Crippen LogP contribution is -2.07. The molecule has 0 aliphatic heterocycles. The molecule has 0 spiro atoms. The summed E-state index contributed by atoms with van der Waals surface area (Å²) in [7, 11) is 0. The highest BCUT2D eigenvalue weighted by atomic mass is 35.5. The monoisotopic (exact) mass is 423 g/mol. The van der Waals surface area contributed by atoms with Crippen LogP contribution in [0.3, 0.4) is 0 Å². The van der Waals surface area contributed by atoms with Gasteiger partial charge in [-0.3, -0.25) is 4.40 Å². The molecule has 0 fully saturated rings. The van der Waals surface area contributed by atoms with Crippen molar-refractivity contribution in [3.63, 3.8) is 0 Å². The van der Waals surface area contributed by atoms with Crippen LogP contribution < -0.4 is 0 Å². The number of hydrogen-bond donors (Lipinski definition) is 0. The van der Waals surface area contributed by atoms with Crippen LogP contribution in [0, 0.1) is 5.41 Å². The van der Waals surface area contributed by atoms with Crippen molar-refractivity contribution in [2.24, 2.45) is 5.41 Å². The predicted octanol–water partition coefficient (Wildman–Crippen LogP) is 7.35. The summed E-state index contributed by atoms with van der Waals surface area (Å²) in [5.74, 6) is 0.680. The molecule has 0 radical (unpaired) electrons. The number of nitrogens with zero attached hydrogens (tertiary/aromatic N) is 3. The second kappa shape index (κ2) is 7.81. The van der Waals surface area contributed by atoms with Crippen LogP contribution in [0.5, 0.6) is 0 Å². The molecule has 2 aromatic heterocycles. The first-order valence-electron chi connectivity index (χ1n) is 9.69. The van der Waals surface area contributed by atoms with E-state index in [1.54, 1.807) is 0 Å². The molecule has 4 rings (SSSR count). The van der Waals surface area contributed by atoms with Crippen LogP contribution in [-0.2, 0) is 6.42 Å². The summed E-state index contributed by atoms with van der Waals surface area (Å²) in [5, 5.41) is 1.41. The smallest absolute Gasteiger partial charge is 0.234 e. The lowest BCUT2D eigenvalue weighted by atomic mass is 9.89. The Morgan fingerprint density at radius 2 is 1.45 bits per heavy atom. The van der Waals surface area contributed by atoms with E-state index < -0.39 is 0 Å². The van der Waals surface area contributed by atoms with Crippen LogP contribution in [-0.4, -0.2) is 14.4 Å². The zero-order chi connectivity index (χ0) is 20.6. The number of hydrogen-bond acceptors (Lipinski definition) is 2. The quantitative estimate of drug-likeness (QED) is 0.343. The maximum Gasteiger partial charge on any atom is 0.234 e. The molecular formula is C24H23Cl2N3. The largest absolute Gasteiger partial charge is 0.283 e. The second-order valence-corrected chi connectivity index (χ2v) is 9.39. The fourth-order valence-corrected chi connectivity index (χ4v) is 3.57. The van der Waals surface area contributed by atoms with Gasteiger partial charge in [-0.1, -0.05) is 68.2 Å². The van der Waals surface area contributed by atoms with Crippen molar-refractivity contribution < 1.29 is 0 Å². The van der Waals surface area contributed by atoms with Crippen molar-refractivity contribution in [2.75, 3.05) is 0 Å². The van der Waals surface area contributed by atoms with Gasteiger partial charge in [0.15, 0.2) is 0 Å². The van der Waals surface area contributed by atoms with E-state index in [1.165, 1.54) is 5.56 Å². The minimum Gasteiger partial charge on any atom is -0.283 e. The van der Waals surface area contributed by atoms with Gasteiger partial charge in [0.2, 0.25) is 5.78 Å². The molecule has 29 heavy (non-hydrogen) atoms. The second-order valence-electron chi connectivity index (χ2n) is 8.52. The fourth-order valence-electron chi connectivity index (χ4n) is 3.32. The number of halogens is 2. The molecule has 0 aliphatic carbocycles. The Labute approximate surface area is 181 Å². The van der Waals surface area contributed by atoms with E-state index in [-0.39, 0.29) is 5.41 Å². The Morgan fingerprint density at radius 3 is 2.03 bits per heavy atom. The molecule has 2 heterocycles. The van der Waals surface area contributed by atoms with Crippen molar-refractivity contribution in [1.29, 1.82) is 0 Å². The van der Waals surface area contributed by atoms with Crippen LogP contribution in [0.4, 0.5) is 0 Å². The third kappa shape index (κ3) is 4.47. The van der Waals surface area contributed by atoms with Gasteiger partial charge in [0.25, 0.3) is 0 Å². The highest BCUT2D eigenvalue weighted by molar-refractivity contribution is 6.31. The van der Waals surface area contributed by atoms with Gasteiger partial charge in [-0.05, 0) is 48.1 Å². The molecule has 3 nitrogen and oxygen atoms in total. The number of aromatic nitrogens is 3. The van der Waals surface area contributed by atoms with Crippen molar-refractivity contribution in [1.82, 2.24) is 14.4 Å². The van der Waals surface area contributed by atoms with Crippen LogP contribution in [0.2, 0.25) is 10.0 Å². The maximum absolute atomic E-state index is 6.13. The predicted molar refractivity (Wildman–Crippen MR) is 122 cm³/mol. The lowest BCUT2D eigenvalue weighted by molar-refractivity contribution is 0.378. The van der Waals surface area contributed by atoms with Gasteiger partial charge in [0.05, 0.1) is 11.4 Å². The van der Waals surface area contributed by atoms with Gasteiger partial charge >= 0.3 is 0 Å². The normalized spacial score (nSPS) is 11.9. The zero-order valence-electron chi connectivity index (χ0n) is 16.8. The molecular weight excluding hydrogens is 401 g/mol. The Hall–Kier alpha value is -2.36. The molecule has 4 aromatic rings. The fraction of sp³-hybridized carbons (Fsp3) is 0.250. The highest BCUT2D eigenvalue weighted by Crippen LogP contribution is 2.34. The standard InChI is InChI=1S/C24H23Cl2N3/c1-24(2,3)13-12-16-14-27-23-28-21(17-4-8-19(25)9-5-17)22(29(23)15-16)18-6-10-20(26)11-7-18/h4-11,14-15H,12-13H2,1-3H3. The average molecular weight is 424 g/mol. The van der Waals surface area contributed by atoms with Crippen LogP contribution in [0.25, 0.3) is 28.3 Å². The van der Waals surface area contributed by atoms with Crippen molar-refractivity contribution in [3.8, 4) is 22.5 Å². The van der Waals surface area contributed by atoms with E-state index >= 15 is 0 Å². The first-order chi connectivity index (χ1) is 13.8. The van der Waals surface area contributed by atoms with Crippen molar-refractivity contribution in [2.45, 2.75) is 33.6 Å². The summed E-state index contributed by atoms with van der Waals surface area (Å²) >= 11 is 12.2. The SMILES string of the molecule is CC(C)(C)CCc1cnc2nc(-c3ccc(Cl)cc3)c(-c3ccc(Cl)cc3)n2c1. The topological polar surface area (TPSA) is 30.2 Å². The molecule has 0 N–H and O–H groups in total. The van der Waals surface area contributed by atoms with E-state index in [0.717, 1.165) is 35.4 Å². The van der Waals surface area contributed by atoms with E-state index in [2.05, 4.69) is 36.4 Å². The number of fused-ring (bicyclic) bond motifs is 1. The summed E-state index contributed by atoms with van der Waals surface area (Å²) in [5.41, 5.74) is 5.40. The van der Waals surface area contributed by atoms with Gasteiger partial charge in [-0.25, -0.2) is 9.97 Å². The molecule has 0 saturated carbocycles. The van der Waals surface area contributed by atoms with E-state index in [9.17, 15) is 0 Å². The molecule has 0 unspecified atom stereocenters. The van der Waals surface area contributed by atoms with Crippen LogP contribution in [0.1, 0.15) is 32.8 Å². The number of benzene rings is 2. The molecule has 0 saturated heterocycles. The maximum atomic E-state index is 6.13. The average Bonchev–Trinajstić information content (AvgIpc) is 3.06. The molecule has 2 aromatic carbocycles. The van der Waals surface area contributed by atoms with E-state index in [1.807, 2.05) is 54.7 Å². The highest BCUT2D eigenvalue weighted by Gasteiger charge is 2.18. The lowest BCUT2D eigenvalue weighted by Gasteiger charge is -2.17. The van der Waals surface area contributed by atoms with Crippen LogP contribution in [0.15, 0.2) is 60.9 Å². The van der Waals surface area contributed by atoms with Gasteiger partial charge < -0.3 is 0 Å². The number of rotatable bonds is 4. The Balaban J connectivity index is 1.88. The van der Waals surface area contributed by atoms with Crippen molar-refractivity contribution >= 4 is 29.0 Å². The minimum absolute atomic E-state index is 0.275. The Kier molecular flexibility index (Phi) is 5.37. The molecule has 0 atom stereocenters. The molecule has 148 valence electrons. The first-order valence-corrected chi connectivity index (χ1v) is 10.4. The summed E-state index contributed by atoms with van der Waals surface area (Å²) in [6, 6.07) is 15.6. The molecule has 5 heteroatoms. The molecule has 0 aliphatic rings. The number of imidazole rings is 1. The summed E-state index contributed by atoms with van der Waals surface area (Å²) in [6.07, 6.45) is 6.16. The Bertz CT molecular complexity index is 1140. The van der Waals surface area contributed by atoms with Gasteiger partial charge in [0.1, 0.15) is 0 Å². The van der Waals surface area contributed by atoms with Crippen molar-refractivity contribution in [3.05, 3.63) is 76.5 Å². The summed E-state index contributed by atoms with van der Waals surface area (Å²) < 4.78 is 2.09. The van der Waals surface area contributed by atoms with E-state index in [0.29, 0.717) is 15.8 Å².